The fourth-order valence-electron chi connectivity index (χ4n) is 2.16. The molecule has 5 heteroatoms. The van der Waals surface area contributed by atoms with E-state index in [1.165, 1.54) is 12.1 Å². The van der Waals surface area contributed by atoms with Crippen LogP contribution in [0.1, 0.15) is 17.2 Å². The van der Waals surface area contributed by atoms with Gasteiger partial charge in [-0.3, -0.25) is 0 Å². The normalized spacial score (nSPS) is 14.9. The van der Waals surface area contributed by atoms with Crippen molar-refractivity contribution in [3.8, 4) is 11.5 Å². The van der Waals surface area contributed by atoms with E-state index in [4.69, 9.17) is 9.47 Å². The van der Waals surface area contributed by atoms with E-state index >= 15 is 0 Å². The van der Waals surface area contributed by atoms with Crippen molar-refractivity contribution in [1.29, 1.82) is 0 Å². The van der Waals surface area contributed by atoms with Gasteiger partial charge in [-0.1, -0.05) is 12.1 Å². The maximum Gasteiger partial charge on any atom is 0.175 e. The van der Waals surface area contributed by atoms with E-state index < -0.39 is 6.10 Å². The molecule has 0 fully saturated rings. The Morgan fingerprint density at radius 3 is 2.70 bits per heavy atom. The molecule has 0 saturated heterocycles. The van der Waals surface area contributed by atoms with Crippen LogP contribution in [0.5, 0.6) is 11.5 Å². The summed E-state index contributed by atoms with van der Waals surface area (Å²) in [5.41, 5.74) is 1.11. The highest BCUT2D eigenvalue weighted by Crippen LogP contribution is 2.40. The molecule has 2 aromatic carbocycles. The Kier molecular flexibility index (Phi) is 3.63. The van der Waals surface area contributed by atoms with E-state index in [9.17, 15) is 9.50 Å². The molecule has 0 aromatic heterocycles. The summed E-state index contributed by atoms with van der Waals surface area (Å²) < 4.78 is 25.0. The number of aliphatic hydroxyl groups is 1. The Morgan fingerprint density at radius 1 is 1.10 bits per heavy atom. The number of halogens is 2. The molecule has 0 radical (unpaired) electrons. The van der Waals surface area contributed by atoms with Crippen molar-refractivity contribution in [2.24, 2.45) is 0 Å². The summed E-state index contributed by atoms with van der Waals surface area (Å²) >= 11 is 3.40. The van der Waals surface area contributed by atoms with Gasteiger partial charge in [0.05, 0.1) is 4.47 Å². The van der Waals surface area contributed by atoms with Gasteiger partial charge in [-0.25, -0.2) is 4.39 Å². The van der Waals surface area contributed by atoms with Crippen molar-refractivity contribution in [3.63, 3.8) is 0 Å². The summed E-state index contributed by atoms with van der Waals surface area (Å²) in [6.45, 7) is 0.969. The van der Waals surface area contributed by atoms with Gasteiger partial charge in [-0.2, -0.15) is 0 Å². The molecule has 1 N–H and O–H groups in total. The second-order valence-electron chi connectivity index (χ2n) is 4.48. The molecule has 0 aliphatic carbocycles. The molecule has 1 atom stereocenters. The Labute approximate surface area is 124 Å². The van der Waals surface area contributed by atoms with E-state index in [0.717, 1.165) is 0 Å². The SMILES string of the molecule is OC(c1cccc(F)c1)c1cc(Br)c2c(c1)OCCO2. The standard InChI is InChI=1S/C15H12BrFO3/c16-12-7-10(8-13-15(12)20-5-4-19-13)14(18)9-2-1-3-11(17)6-9/h1-3,6-8,14,18H,4-5H2. The third-order valence-corrected chi connectivity index (χ3v) is 3.69. The lowest BCUT2D eigenvalue weighted by Crippen LogP contribution is -2.16. The minimum Gasteiger partial charge on any atom is -0.486 e. The molecule has 1 heterocycles. The molecule has 20 heavy (non-hydrogen) atoms. The van der Waals surface area contributed by atoms with E-state index in [1.807, 2.05) is 0 Å². The Morgan fingerprint density at radius 2 is 1.90 bits per heavy atom. The highest BCUT2D eigenvalue weighted by molar-refractivity contribution is 9.10. The maximum atomic E-state index is 13.2. The second-order valence-corrected chi connectivity index (χ2v) is 5.34. The molecule has 2 aromatic rings. The quantitative estimate of drug-likeness (QED) is 0.911. The predicted molar refractivity (Wildman–Crippen MR) is 75.6 cm³/mol. The lowest BCUT2D eigenvalue weighted by molar-refractivity contribution is 0.168. The fraction of sp³-hybridized carbons (Fsp3) is 0.200. The van der Waals surface area contributed by atoms with Crippen LogP contribution in [0, 0.1) is 5.82 Å². The minimum absolute atomic E-state index is 0.377. The molecular formula is C15H12BrFO3. The Hall–Kier alpha value is -1.59. The zero-order chi connectivity index (χ0) is 14.1. The first kappa shape index (κ1) is 13.4. The van der Waals surface area contributed by atoms with Crippen LogP contribution in [0.4, 0.5) is 4.39 Å². The van der Waals surface area contributed by atoms with E-state index in [-0.39, 0.29) is 5.82 Å². The number of rotatable bonds is 2. The lowest BCUT2D eigenvalue weighted by Gasteiger charge is -2.22. The van der Waals surface area contributed by atoms with E-state index in [2.05, 4.69) is 15.9 Å². The molecule has 104 valence electrons. The fourth-order valence-corrected chi connectivity index (χ4v) is 2.73. The van der Waals surface area contributed by atoms with Gasteiger partial charge in [0.25, 0.3) is 0 Å². The summed E-state index contributed by atoms with van der Waals surface area (Å²) in [7, 11) is 0. The van der Waals surface area contributed by atoms with Crippen LogP contribution < -0.4 is 9.47 Å². The lowest BCUT2D eigenvalue weighted by atomic mass is 10.0. The summed E-state index contributed by atoms with van der Waals surface area (Å²) in [6, 6.07) is 9.38. The van der Waals surface area contributed by atoms with Crippen molar-refractivity contribution in [2.45, 2.75) is 6.10 Å². The summed E-state index contributed by atoms with van der Waals surface area (Å²) in [5, 5.41) is 10.4. The number of hydrogen-bond acceptors (Lipinski definition) is 3. The molecule has 1 aliphatic heterocycles. The number of ether oxygens (including phenoxy) is 2. The number of aliphatic hydroxyl groups excluding tert-OH is 1. The van der Waals surface area contributed by atoms with Crippen LogP contribution in [0.25, 0.3) is 0 Å². The number of benzene rings is 2. The van der Waals surface area contributed by atoms with Crippen LogP contribution in [0.2, 0.25) is 0 Å². The number of fused-ring (bicyclic) bond motifs is 1. The molecule has 3 nitrogen and oxygen atoms in total. The second kappa shape index (κ2) is 5.42. The first-order valence-corrected chi connectivity index (χ1v) is 6.97. The van der Waals surface area contributed by atoms with Crippen LogP contribution in [0.15, 0.2) is 40.9 Å². The molecule has 0 bridgehead atoms. The smallest absolute Gasteiger partial charge is 0.175 e. The predicted octanol–water partition coefficient (Wildman–Crippen LogP) is 3.44. The summed E-state index contributed by atoms with van der Waals surface area (Å²) in [6.07, 6.45) is -0.919. The van der Waals surface area contributed by atoms with Crippen molar-refractivity contribution >= 4 is 15.9 Å². The van der Waals surface area contributed by atoms with Gasteiger partial charge in [0.2, 0.25) is 0 Å². The van der Waals surface area contributed by atoms with Crippen LogP contribution in [-0.2, 0) is 0 Å². The molecule has 1 unspecified atom stereocenters. The molecular weight excluding hydrogens is 327 g/mol. The van der Waals surface area contributed by atoms with Crippen molar-refractivity contribution < 1.29 is 19.0 Å². The van der Waals surface area contributed by atoms with Gasteiger partial charge in [0.1, 0.15) is 25.1 Å². The minimum atomic E-state index is -0.919. The van der Waals surface area contributed by atoms with Crippen LogP contribution >= 0.6 is 15.9 Å². The third-order valence-electron chi connectivity index (χ3n) is 3.10. The van der Waals surface area contributed by atoms with Crippen molar-refractivity contribution in [2.75, 3.05) is 13.2 Å². The van der Waals surface area contributed by atoms with Crippen molar-refractivity contribution in [3.05, 3.63) is 57.8 Å². The Bertz CT molecular complexity index is 645. The molecule has 0 spiro atoms. The van der Waals surface area contributed by atoms with Crippen LogP contribution in [0.3, 0.4) is 0 Å². The molecule has 1 aliphatic rings. The first-order chi connectivity index (χ1) is 9.65. The largest absolute Gasteiger partial charge is 0.486 e. The number of hydrogen-bond donors (Lipinski definition) is 1. The highest BCUT2D eigenvalue weighted by Gasteiger charge is 2.20. The van der Waals surface area contributed by atoms with Crippen LogP contribution in [-0.4, -0.2) is 18.3 Å². The van der Waals surface area contributed by atoms with Gasteiger partial charge in [0, 0.05) is 0 Å². The molecule has 3 rings (SSSR count). The monoisotopic (exact) mass is 338 g/mol. The van der Waals surface area contributed by atoms with E-state index in [1.54, 1.807) is 24.3 Å². The highest BCUT2D eigenvalue weighted by atomic mass is 79.9. The van der Waals surface area contributed by atoms with E-state index in [0.29, 0.717) is 40.3 Å². The zero-order valence-electron chi connectivity index (χ0n) is 10.5. The van der Waals surface area contributed by atoms with Gasteiger partial charge in [-0.15, -0.1) is 0 Å². The average Bonchev–Trinajstić information content (AvgIpc) is 2.46. The zero-order valence-corrected chi connectivity index (χ0v) is 12.1. The van der Waals surface area contributed by atoms with Gasteiger partial charge >= 0.3 is 0 Å². The molecule has 0 saturated carbocycles. The summed E-state index contributed by atoms with van der Waals surface area (Å²) in [5.74, 6) is 0.834. The Balaban J connectivity index is 2.00. The molecule has 0 amide bonds. The third kappa shape index (κ3) is 2.51. The van der Waals surface area contributed by atoms with Gasteiger partial charge in [0.15, 0.2) is 11.5 Å². The maximum absolute atomic E-state index is 13.2. The van der Waals surface area contributed by atoms with Crippen molar-refractivity contribution in [1.82, 2.24) is 0 Å². The topological polar surface area (TPSA) is 38.7 Å². The first-order valence-electron chi connectivity index (χ1n) is 6.18. The van der Waals surface area contributed by atoms with Gasteiger partial charge in [-0.05, 0) is 51.3 Å². The van der Waals surface area contributed by atoms with Gasteiger partial charge < -0.3 is 14.6 Å². The average molecular weight is 339 g/mol. The summed E-state index contributed by atoms with van der Waals surface area (Å²) in [4.78, 5) is 0.